The highest BCUT2D eigenvalue weighted by atomic mass is 32.1. The molecule has 0 saturated heterocycles. The lowest BCUT2D eigenvalue weighted by Gasteiger charge is -2.10. The molecular weight excluding hydrogens is 342 g/mol. The van der Waals surface area contributed by atoms with E-state index < -0.39 is 0 Å². The summed E-state index contributed by atoms with van der Waals surface area (Å²) in [6.07, 6.45) is 12.1. The molecule has 138 valence electrons. The molecule has 0 spiro atoms. The summed E-state index contributed by atoms with van der Waals surface area (Å²) in [6.45, 7) is 2.24. The van der Waals surface area contributed by atoms with E-state index in [1.54, 1.807) is 18.3 Å². The van der Waals surface area contributed by atoms with Crippen LogP contribution in [-0.4, -0.2) is 16.0 Å². The van der Waals surface area contributed by atoms with Crippen LogP contribution < -0.4 is 10.6 Å². The van der Waals surface area contributed by atoms with Crippen molar-refractivity contribution >= 4 is 28.9 Å². The summed E-state index contributed by atoms with van der Waals surface area (Å²) in [4.78, 5) is 16.0. The van der Waals surface area contributed by atoms with Crippen molar-refractivity contribution in [1.82, 2.24) is 10.3 Å². The first-order valence-electron chi connectivity index (χ1n) is 9.30. The van der Waals surface area contributed by atoms with E-state index in [0.717, 1.165) is 12.1 Å². The second kappa shape index (κ2) is 11.4. The van der Waals surface area contributed by atoms with Crippen LogP contribution in [0.2, 0.25) is 0 Å². The predicted octanol–water partition coefficient (Wildman–Crippen LogP) is 5.11. The molecule has 1 aromatic carbocycles. The van der Waals surface area contributed by atoms with E-state index in [1.165, 1.54) is 50.3 Å². The lowest BCUT2D eigenvalue weighted by Crippen LogP contribution is -2.34. The van der Waals surface area contributed by atoms with Crippen molar-refractivity contribution in [3.05, 3.63) is 59.9 Å². The molecule has 4 nitrogen and oxygen atoms in total. The Kier molecular flexibility index (Phi) is 8.76. The predicted molar refractivity (Wildman–Crippen MR) is 111 cm³/mol. The first-order chi connectivity index (χ1) is 12.7. The SMILES string of the molecule is CCCCCCCCc1ccc(NC(=S)NC(=O)c2cccnc2)cc1. The summed E-state index contributed by atoms with van der Waals surface area (Å²) in [7, 11) is 0. The summed E-state index contributed by atoms with van der Waals surface area (Å²) in [6, 6.07) is 11.6. The van der Waals surface area contributed by atoms with Crippen molar-refractivity contribution in [3.63, 3.8) is 0 Å². The number of aryl methyl sites for hydroxylation is 1. The van der Waals surface area contributed by atoms with E-state index in [-0.39, 0.29) is 11.0 Å². The Balaban J connectivity index is 1.72. The van der Waals surface area contributed by atoms with Gasteiger partial charge in [-0.25, -0.2) is 0 Å². The van der Waals surface area contributed by atoms with Gasteiger partial charge in [0.1, 0.15) is 0 Å². The molecule has 0 fully saturated rings. The van der Waals surface area contributed by atoms with Crippen LogP contribution in [0.5, 0.6) is 0 Å². The highest BCUT2D eigenvalue weighted by molar-refractivity contribution is 7.80. The zero-order valence-electron chi connectivity index (χ0n) is 15.3. The second-order valence-corrected chi connectivity index (χ2v) is 6.77. The summed E-state index contributed by atoms with van der Waals surface area (Å²) in [5.41, 5.74) is 2.68. The third-order valence-corrected chi connectivity index (χ3v) is 4.39. The minimum atomic E-state index is -0.268. The van der Waals surface area contributed by atoms with Crippen molar-refractivity contribution in [2.45, 2.75) is 51.9 Å². The van der Waals surface area contributed by atoms with Crippen molar-refractivity contribution in [2.75, 3.05) is 5.32 Å². The van der Waals surface area contributed by atoms with E-state index in [2.05, 4.69) is 34.7 Å². The Morgan fingerprint density at radius 3 is 2.46 bits per heavy atom. The smallest absolute Gasteiger partial charge is 0.258 e. The van der Waals surface area contributed by atoms with Gasteiger partial charge >= 0.3 is 0 Å². The Labute approximate surface area is 161 Å². The molecule has 2 aromatic rings. The maximum atomic E-state index is 12.0. The van der Waals surface area contributed by atoms with Gasteiger partial charge in [0.05, 0.1) is 5.56 Å². The van der Waals surface area contributed by atoms with E-state index in [9.17, 15) is 4.79 Å². The molecule has 26 heavy (non-hydrogen) atoms. The highest BCUT2D eigenvalue weighted by Crippen LogP contribution is 2.13. The monoisotopic (exact) mass is 369 g/mol. The van der Waals surface area contributed by atoms with Crippen molar-refractivity contribution in [3.8, 4) is 0 Å². The molecule has 0 bridgehead atoms. The largest absolute Gasteiger partial charge is 0.332 e. The molecule has 0 radical (unpaired) electrons. The lowest BCUT2D eigenvalue weighted by atomic mass is 10.0. The normalized spacial score (nSPS) is 10.3. The minimum absolute atomic E-state index is 0.268. The Morgan fingerprint density at radius 2 is 1.77 bits per heavy atom. The molecule has 0 aliphatic carbocycles. The summed E-state index contributed by atoms with van der Waals surface area (Å²) in [5, 5.41) is 5.98. The maximum Gasteiger partial charge on any atom is 0.258 e. The number of rotatable bonds is 9. The quantitative estimate of drug-likeness (QED) is 0.476. The van der Waals surface area contributed by atoms with Gasteiger partial charge in [-0.15, -0.1) is 0 Å². The van der Waals surface area contributed by atoms with Crippen LogP contribution in [-0.2, 0) is 6.42 Å². The minimum Gasteiger partial charge on any atom is -0.332 e. The molecule has 1 aromatic heterocycles. The number of aromatic nitrogens is 1. The van der Waals surface area contributed by atoms with Gasteiger partial charge in [0.15, 0.2) is 5.11 Å². The summed E-state index contributed by atoms with van der Waals surface area (Å²) >= 11 is 5.20. The van der Waals surface area contributed by atoms with Crippen LogP contribution in [0.25, 0.3) is 0 Å². The second-order valence-electron chi connectivity index (χ2n) is 6.36. The number of nitrogens with one attached hydrogen (secondary N) is 2. The summed E-state index contributed by atoms with van der Waals surface area (Å²) < 4.78 is 0. The van der Waals surface area contributed by atoms with E-state index in [0.29, 0.717) is 5.56 Å². The van der Waals surface area contributed by atoms with Crippen molar-refractivity contribution < 1.29 is 4.79 Å². The number of hydrogen-bond acceptors (Lipinski definition) is 3. The molecule has 0 unspecified atom stereocenters. The highest BCUT2D eigenvalue weighted by Gasteiger charge is 2.07. The maximum absolute atomic E-state index is 12.0. The molecule has 1 heterocycles. The molecule has 0 saturated carbocycles. The van der Waals surface area contributed by atoms with Gasteiger partial charge in [0.25, 0.3) is 5.91 Å². The van der Waals surface area contributed by atoms with Crippen LogP contribution in [0, 0.1) is 0 Å². The number of carbonyl (C=O) groups is 1. The number of hydrogen-bond donors (Lipinski definition) is 2. The topological polar surface area (TPSA) is 54.0 Å². The van der Waals surface area contributed by atoms with Crippen LogP contribution in [0.4, 0.5) is 5.69 Å². The number of thiocarbonyl (C=S) groups is 1. The van der Waals surface area contributed by atoms with Gasteiger partial charge in [-0.3, -0.25) is 15.1 Å². The number of amides is 1. The fourth-order valence-corrected chi connectivity index (χ4v) is 2.91. The van der Waals surface area contributed by atoms with Crippen molar-refractivity contribution in [2.24, 2.45) is 0 Å². The molecule has 2 rings (SSSR count). The van der Waals surface area contributed by atoms with Crippen LogP contribution in [0.15, 0.2) is 48.8 Å². The van der Waals surface area contributed by atoms with E-state index in [4.69, 9.17) is 12.2 Å². The molecule has 2 N–H and O–H groups in total. The van der Waals surface area contributed by atoms with Gasteiger partial charge < -0.3 is 5.32 Å². The molecule has 0 aliphatic rings. The third kappa shape index (κ3) is 7.31. The third-order valence-electron chi connectivity index (χ3n) is 4.18. The fraction of sp³-hybridized carbons (Fsp3) is 0.381. The summed E-state index contributed by atoms with van der Waals surface area (Å²) in [5.74, 6) is -0.268. The lowest BCUT2D eigenvalue weighted by molar-refractivity contribution is 0.0977. The molecule has 0 atom stereocenters. The molecular formula is C21H27N3OS. The van der Waals surface area contributed by atoms with E-state index >= 15 is 0 Å². The van der Waals surface area contributed by atoms with Gasteiger partial charge in [-0.1, -0.05) is 51.2 Å². The number of pyridine rings is 1. The van der Waals surface area contributed by atoms with Gasteiger partial charge in [0.2, 0.25) is 0 Å². The first kappa shape index (κ1) is 20.0. The number of unbranched alkanes of at least 4 members (excludes halogenated alkanes) is 5. The Hall–Kier alpha value is -2.27. The zero-order valence-corrected chi connectivity index (χ0v) is 16.1. The fourth-order valence-electron chi connectivity index (χ4n) is 2.70. The average Bonchev–Trinajstić information content (AvgIpc) is 2.66. The van der Waals surface area contributed by atoms with Gasteiger partial charge in [-0.05, 0) is 54.9 Å². The number of anilines is 1. The molecule has 1 amide bonds. The Bertz CT molecular complexity index is 686. The standard InChI is InChI=1S/C21H27N3OS/c1-2-3-4-5-6-7-9-17-11-13-19(14-12-17)23-21(26)24-20(25)18-10-8-15-22-16-18/h8,10-16H,2-7,9H2,1H3,(H2,23,24,25,26). The first-order valence-corrected chi connectivity index (χ1v) is 9.71. The van der Waals surface area contributed by atoms with Gasteiger partial charge in [-0.2, -0.15) is 0 Å². The van der Waals surface area contributed by atoms with Crippen LogP contribution in [0.1, 0.15) is 61.4 Å². The number of nitrogens with zero attached hydrogens (tertiary/aromatic N) is 1. The van der Waals surface area contributed by atoms with Crippen molar-refractivity contribution in [1.29, 1.82) is 0 Å². The van der Waals surface area contributed by atoms with E-state index in [1.807, 2.05) is 12.1 Å². The average molecular weight is 370 g/mol. The molecule has 5 heteroatoms. The van der Waals surface area contributed by atoms with Gasteiger partial charge in [0, 0.05) is 18.1 Å². The van der Waals surface area contributed by atoms with Crippen LogP contribution in [0.3, 0.4) is 0 Å². The number of benzene rings is 1. The molecule has 0 aliphatic heterocycles. The van der Waals surface area contributed by atoms with Crippen LogP contribution >= 0.6 is 12.2 Å². The zero-order chi connectivity index (χ0) is 18.6. The Morgan fingerprint density at radius 1 is 1.04 bits per heavy atom. The number of carbonyl (C=O) groups excluding carboxylic acids is 1.